The van der Waals surface area contributed by atoms with E-state index < -0.39 is 5.54 Å². The number of carbonyl (C=O) groups is 1. The normalized spacial score (nSPS) is 28.8. The summed E-state index contributed by atoms with van der Waals surface area (Å²) in [4.78, 5) is 12.1. The monoisotopic (exact) mass is 311 g/mol. The van der Waals surface area contributed by atoms with E-state index in [1.807, 2.05) is 11.6 Å². The van der Waals surface area contributed by atoms with Gasteiger partial charge >= 0.3 is 5.97 Å². The summed E-state index contributed by atoms with van der Waals surface area (Å²) in [5.41, 5.74) is -0.543. The summed E-state index contributed by atoms with van der Waals surface area (Å²) in [7, 11) is 1.45. The number of aromatic nitrogens is 4. The summed E-state index contributed by atoms with van der Waals surface area (Å²) in [5.74, 6) is -0.158. The second-order valence-corrected chi connectivity index (χ2v) is 6.99. The number of rotatable bonds is 6. The minimum Gasteiger partial charge on any atom is -0.468 e. The number of ether oxygens (including phenoxy) is 1. The standard InChI is InChI=1S/C13H21N5O2S/c1-3-14-13(11(19)20-2)7-6-10(8-13)21-12-15-16-17-18(12)9-4-5-9/h9-10,14H,3-8H2,1-2H3. The second kappa shape index (κ2) is 5.92. The quantitative estimate of drug-likeness (QED) is 0.790. The number of hydrogen-bond donors (Lipinski definition) is 1. The first kappa shape index (κ1) is 14.8. The van der Waals surface area contributed by atoms with Crippen LogP contribution in [0.15, 0.2) is 5.16 Å². The Labute approximate surface area is 128 Å². The number of hydrogen-bond acceptors (Lipinski definition) is 7. The van der Waals surface area contributed by atoms with Crippen molar-refractivity contribution in [3.8, 4) is 0 Å². The van der Waals surface area contributed by atoms with E-state index in [-0.39, 0.29) is 5.97 Å². The van der Waals surface area contributed by atoms with Gasteiger partial charge in [0.2, 0.25) is 5.16 Å². The lowest BCUT2D eigenvalue weighted by molar-refractivity contribution is -0.148. The first-order valence-electron chi connectivity index (χ1n) is 7.46. The number of thioether (sulfide) groups is 1. The fourth-order valence-electron chi connectivity index (χ4n) is 3.01. The van der Waals surface area contributed by atoms with Crippen molar-refractivity contribution in [1.82, 2.24) is 25.5 Å². The first-order chi connectivity index (χ1) is 10.2. The van der Waals surface area contributed by atoms with Gasteiger partial charge in [-0.1, -0.05) is 18.7 Å². The van der Waals surface area contributed by atoms with Crippen LogP contribution in [-0.2, 0) is 9.53 Å². The molecule has 1 aromatic rings. The molecule has 1 aromatic heterocycles. The molecule has 21 heavy (non-hydrogen) atoms. The van der Waals surface area contributed by atoms with E-state index >= 15 is 0 Å². The SMILES string of the molecule is CCNC1(C(=O)OC)CCC(Sc2nnnn2C2CC2)C1. The highest BCUT2D eigenvalue weighted by Crippen LogP contribution is 2.42. The molecule has 2 atom stereocenters. The Kier molecular flexibility index (Phi) is 4.17. The molecule has 2 unspecified atom stereocenters. The van der Waals surface area contributed by atoms with Crippen LogP contribution in [0.4, 0.5) is 0 Å². The van der Waals surface area contributed by atoms with Crippen molar-refractivity contribution < 1.29 is 9.53 Å². The Morgan fingerprint density at radius 3 is 3.00 bits per heavy atom. The van der Waals surface area contributed by atoms with E-state index in [0.717, 1.165) is 43.8 Å². The highest BCUT2D eigenvalue weighted by Gasteiger charge is 2.46. The van der Waals surface area contributed by atoms with Gasteiger partial charge in [0.25, 0.3) is 0 Å². The van der Waals surface area contributed by atoms with Crippen molar-refractivity contribution in [3.05, 3.63) is 0 Å². The number of carbonyl (C=O) groups excluding carboxylic acids is 1. The predicted molar refractivity (Wildman–Crippen MR) is 78.0 cm³/mol. The van der Waals surface area contributed by atoms with Crippen LogP contribution in [-0.4, -0.2) is 50.6 Å². The molecule has 8 heteroatoms. The Bertz CT molecular complexity index is 518. The zero-order valence-electron chi connectivity index (χ0n) is 12.4. The molecule has 0 saturated heterocycles. The van der Waals surface area contributed by atoms with Crippen molar-refractivity contribution in [2.24, 2.45) is 0 Å². The number of methoxy groups -OCH3 is 1. The first-order valence-corrected chi connectivity index (χ1v) is 8.34. The molecule has 2 aliphatic rings. The average molecular weight is 311 g/mol. The van der Waals surface area contributed by atoms with E-state index in [0.29, 0.717) is 11.3 Å². The fourth-order valence-corrected chi connectivity index (χ4v) is 4.29. The van der Waals surface area contributed by atoms with E-state index in [1.54, 1.807) is 11.8 Å². The zero-order valence-corrected chi connectivity index (χ0v) is 13.2. The summed E-state index contributed by atoms with van der Waals surface area (Å²) >= 11 is 1.69. The van der Waals surface area contributed by atoms with Crippen LogP contribution in [0.1, 0.15) is 45.1 Å². The van der Waals surface area contributed by atoms with Gasteiger partial charge in [0.1, 0.15) is 5.54 Å². The molecule has 0 amide bonds. The highest BCUT2D eigenvalue weighted by molar-refractivity contribution is 7.99. The van der Waals surface area contributed by atoms with Crippen molar-refractivity contribution in [2.75, 3.05) is 13.7 Å². The lowest BCUT2D eigenvalue weighted by Crippen LogP contribution is -2.50. The minimum atomic E-state index is -0.543. The Hall–Kier alpha value is -1.15. The van der Waals surface area contributed by atoms with Gasteiger partial charge in [0.15, 0.2) is 0 Å². The van der Waals surface area contributed by atoms with Crippen molar-refractivity contribution >= 4 is 17.7 Å². The molecular formula is C13H21N5O2S. The van der Waals surface area contributed by atoms with Crippen LogP contribution in [0.25, 0.3) is 0 Å². The summed E-state index contributed by atoms with van der Waals surface area (Å²) < 4.78 is 6.92. The molecule has 1 N–H and O–H groups in total. The summed E-state index contributed by atoms with van der Waals surface area (Å²) in [5, 5.41) is 16.5. The van der Waals surface area contributed by atoms with E-state index in [2.05, 4.69) is 20.8 Å². The van der Waals surface area contributed by atoms with E-state index in [4.69, 9.17) is 4.74 Å². The maximum absolute atomic E-state index is 12.1. The zero-order chi connectivity index (χ0) is 14.9. The van der Waals surface area contributed by atoms with Gasteiger partial charge in [-0.15, -0.1) is 5.10 Å². The maximum Gasteiger partial charge on any atom is 0.326 e. The number of nitrogens with zero attached hydrogens (tertiary/aromatic N) is 4. The van der Waals surface area contributed by atoms with E-state index in [9.17, 15) is 4.79 Å². The Morgan fingerprint density at radius 2 is 2.33 bits per heavy atom. The van der Waals surface area contributed by atoms with Gasteiger partial charge in [-0.05, 0) is 49.1 Å². The molecule has 2 fully saturated rings. The van der Waals surface area contributed by atoms with Crippen LogP contribution in [0.3, 0.4) is 0 Å². The Morgan fingerprint density at radius 1 is 1.52 bits per heavy atom. The van der Waals surface area contributed by atoms with Gasteiger partial charge in [0.05, 0.1) is 13.2 Å². The molecule has 2 aliphatic carbocycles. The maximum atomic E-state index is 12.1. The summed E-state index contributed by atoms with van der Waals surface area (Å²) in [6, 6.07) is 0.475. The second-order valence-electron chi connectivity index (χ2n) is 5.72. The molecule has 0 bridgehead atoms. The van der Waals surface area contributed by atoms with Gasteiger partial charge in [-0.3, -0.25) is 4.79 Å². The number of esters is 1. The highest BCUT2D eigenvalue weighted by atomic mass is 32.2. The van der Waals surface area contributed by atoms with Crippen molar-refractivity contribution in [1.29, 1.82) is 0 Å². The van der Waals surface area contributed by atoms with Crippen molar-refractivity contribution in [3.63, 3.8) is 0 Å². The van der Waals surface area contributed by atoms with Crippen LogP contribution >= 0.6 is 11.8 Å². The largest absolute Gasteiger partial charge is 0.468 e. The lowest BCUT2D eigenvalue weighted by atomic mass is 9.98. The third-order valence-corrected chi connectivity index (χ3v) is 5.40. The smallest absolute Gasteiger partial charge is 0.326 e. The van der Waals surface area contributed by atoms with Gasteiger partial charge < -0.3 is 10.1 Å². The predicted octanol–water partition coefficient (Wildman–Crippen LogP) is 1.17. The third kappa shape index (κ3) is 2.91. The van der Waals surface area contributed by atoms with Crippen molar-refractivity contribution in [2.45, 2.75) is 61.0 Å². The molecule has 0 spiro atoms. The van der Waals surface area contributed by atoms with Crippen LogP contribution in [0.2, 0.25) is 0 Å². The number of tetrazole rings is 1. The fraction of sp³-hybridized carbons (Fsp3) is 0.846. The topological polar surface area (TPSA) is 81.9 Å². The number of nitrogens with one attached hydrogen (secondary N) is 1. The molecular weight excluding hydrogens is 290 g/mol. The molecule has 3 rings (SSSR count). The van der Waals surface area contributed by atoms with Crippen LogP contribution < -0.4 is 5.32 Å². The Balaban J connectivity index is 1.68. The van der Waals surface area contributed by atoms with E-state index in [1.165, 1.54) is 7.11 Å². The lowest BCUT2D eigenvalue weighted by Gasteiger charge is -2.27. The molecule has 1 heterocycles. The summed E-state index contributed by atoms with van der Waals surface area (Å²) in [6.45, 7) is 2.77. The third-order valence-electron chi connectivity index (χ3n) is 4.19. The molecule has 0 aromatic carbocycles. The van der Waals surface area contributed by atoms with Crippen LogP contribution in [0.5, 0.6) is 0 Å². The minimum absolute atomic E-state index is 0.158. The molecule has 0 aliphatic heterocycles. The van der Waals surface area contributed by atoms with Gasteiger partial charge in [-0.2, -0.15) is 0 Å². The molecule has 116 valence electrons. The van der Waals surface area contributed by atoms with Gasteiger partial charge in [0, 0.05) is 5.25 Å². The molecule has 2 saturated carbocycles. The summed E-state index contributed by atoms with van der Waals surface area (Å²) in [6.07, 6.45) is 4.84. The molecule has 0 radical (unpaired) electrons. The van der Waals surface area contributed by atoms with Gasteiger partial charge in [-0.25, -0.2) is 4.68 Å². The molecule has 7 nitrogen and oxygen atoms in total. The number of likely N-dealkylation sites (N-methyl/N-ethyl adjacent to an activating group) is 1. The van der Waals surface area contributed by atoms with Crippen LogP contribution in [0, 0.1) is 0 Å². The average Bonchev–Trinajstić information content (AvgIpc) is 3.10.